The fourth-order valence-electron chi connectivity index (χ4n) is 3.13. The summed E-state index contributed by atoms with van der Waals surface area (Å²) >= 11 is 6.00. The Morgan fingerprint density at radius 2 is 1.38 bits per heavy atom. The molecule has 0 saturated carbocycles. The van der Waals surface area contributed by atoms with Gasteiger partial charge in [0.25, 0.3) is 0 Å². The maximum absolute atomic E-state index is 12.3. The van der Waals surface area contributed by atoms with Gasteiger partial charge < -0.3 is 0 Å². The van der Waals surface area contributed by atoms with E-state index >= 15 is 0 Å². The molecule has 2 aromatic rings. The Labute approximate surface area is 151 Å². The number of carbonyl (C=O) groups excluding carboxylic acids is 1. The highest BCUT2D eigenvalue weighted by Crippen LogP contribution is 2.21. The first-order chi connectivity index (χ1) is 11.7. The molecule has 0 spiro atoms. The molecule has 0 heterocycles. The second-order valence-corrected chi connectivity index (χ2v) is 7.14. The van der Waals surface area contributed by atoms with Crippen LogP contribution in [0.2, 0.25) is 5.02 Å². The van der Waals surface area contributed by atoms with Crippen LogP contribution in [0.1, 0.15) is 81.5 Å². The Morgan fingerprint density at radius 1 is 0.792 bits per heavy atom. The molecule has 0 bridgehead atoms. The van der Waals surface area contributed by atoms with E-state index in [1.807, 2.05) is 36.4 Å². The van der Waals surface area contributed by atoms with Crippen LogP contribution in [-0.2, 0) is 0 Å². The van der Waals surface area contributed by atoms with Crippen molar-refractivity contribution in [3.05, 3.63) is 47.0 Å². The lowest BCUT2D eigenvalue weighted by molar-refractivity contribution is 0.0979. The van der Waals surface area contributed by atoms with Crippen molar-refractivity contribution in [2.24, 2.45) is 0 Å². The molecule has 2 aromatic carbocycles. The standard InChI is InChI=1S/C22H29ClO/c1-2-3-4-5-6-7-8-9-10-11-22(24)20-13-12-19-17-21(23)15-14-18(19)16-20/h12-17H,2-11H2,1H3. The van der Waals surface area contributed by atoms with E-state index < -0.39 is 0 Å². The molecule has 0 amide bonds. The highest BCUT2D eigenvalue weighted by molar-refractivity contribution is 6.31. The highest BCUT2D eigenvalue weighted by atomic mass is 35.5. The van der Waals surface area contributed by atoms with Gasteiger partial charge in [-0.1, -0.05) is 88.1 Å². The van der Waals surface area contributed by atoms with Crippen LogP contribution in [-0.4, -0.2) is 5.78 Å². The Morgan fingerprint density at radius 3 is 2.08 bits per heavy atom. The number of ketones is 1. The van der Waals surface area contributed by atoms with E-state index in [0.717, 1.165) is 27.8 Å². The summed E-state index contributed by atoms with van der Waals surface area (Å²) in [6.07, 6.45) is 12.2. The van der Waals surface area contributed by atoms with Gasteiger partial charge in [0.05, 0.1) is 0 Å². The molecule has 2 rings (SSSR count). The fourth-order valence-corrected chi connectivity index (χ4v) is 3.31. The van der Waals surface area contributed by atoms with Gasteiger partial charge in [-0.3, -0.25) is 4.79 Å². The Hall–Kier alpha value is -1.34. The fraction of sp³-hybridized carbons (Fsp3) is 0.500. The number of rotatable bonds is 11. The molecule has 0 atom stereocenters. The van der Waals surface area contributed by atoms with Gasteiger partial charge in [-0.05, 0) is 35.4 Å². The predicted octanol–water partition coefficient (Wildman–Crippen LogP) is 7.60. The molecule has 0 fully saturated rings. The van der Waals surface area contributed by atoms with Crippen LogP contribution in [0.25, 0.3) is 10.8 Å². The smallest absolute Gasteiger partial charge is 0.162 e. The molecule has 0 aliphatic carbocycles. The molecule has 1 nitrogen and oxygen atoms in total. The zero-order chi connectivity index (χ0) is 17.2. The third kappa shape index (κ3) is 6.28. The van der Waals surface area contributed by atoms with Crippen LogP contribution in [0.15, 0.2) is 36.4 Å². The number of Topliss-reactive ketones (excluding diaryl/α,β-unsaturated/α-hetero) is 1. The number of halogens is 1. The van der Waals surface area contributed by atoms with Gasteiger partial charge in [0.15, 0.2) is 5.78 Å². The highest BCUT2D eigenvalue weighted by Gasteiger charge is 2.06. The van der Waals surface area contributed by atoms with E-state index in [-0.39, 0.29) is 5.78 Å². The van der Waals surface area contributed by atoms with E-state index in [4.69, 9.17) is 11.6 Å². The van der Waals surface area contributed by atoms with Gasteiger partial charge in [-0.2, -0.15) is 0 Å². The molecule has 0 radical (unpaired) electrons. The number of carbonyl (C=O) groups is 1. The Balaban J connectivity index is 1.68. The molecule has 0 unspecified atom stereocenters. The second kappa shape index (κ2) is 10.5. The van der Waals surface area contributed by atoms with E-state index in [1.54, 1.807) is 0 Å². The van der Waals surface area contributed by atoms with Crippen LogP contribution < -0.4 is 0 Å². The number of hydrogen-bond donors (Lipinski definition) is 0. The molecule has 2 heteroatoms. The summed E-state index contributed by atoms with van der Waals surface area (Å²) in [5.74, 6) is 0.259. The molecule has 130 valence electrons. The summed E-state index contributed by atoms with van der Waals surface area (Å²) in [6, 6.07) is 11.7. The monoisotopic (exact) mass is 344 g/mol. The van der Waals surface area contributed by atoms with Crippen LogP contribution in [0.4, 0.5) is 0 Å². The van der Waals surface area contributed by atoms with Crippen molar-refractivity contribution < 1.29 is 4.79 Å². The first-order valence-electron chi connectivity index (χ1n) is 9.43. The van der Waals surface area contributed by atoms with Gasteiger partial charge in [-0.15, -0.1) is 0 Å². The van der Waals surface area contributed by atoms with Gasteiger partial charge in [0, 0.05) is 17.0 Å². The Bertz CT molecular complexity index is 647. The van der Waals surface area contributed by atoms with Crippen molar-refractivity contribution in [2.45, 2.75) is 71.1 Å². The van der Waals surface area contributed by atoms with Crippen molar-refractivity contribution in [2.75, 3.05) is 0 Å². The molecule has 0 N–H and O–H groups in total. The van der Waals surface area contributed by atoms with E-state index in [2.05, 4.69) is 6.92 Å². The number of hydrogen-bond acceptors (Lipinski definition) is 1. The van der Waals surface area contributed by atoms with Crippen molar-refractivity contribution in [1.82, 2.24) is 0 Å². The molecular weight excluding hydrogens is 316 g/mol. The summed E-state index contributed by atoms with van der Waals surface area (Å²) in [5.41, 5.74) is 0.824. The lowest BCUT2D eigenvalue weighted by Gasteiger charge is -2.05. The molecule has 0 aromatic heterocycles. The summed E-state index contributed by atoms with van der Waals surface area (Å²) in [7, 11) is 0. The minimum absolute atomic E-state index is 0.259. The van der Waals surface area contributed by atoms with Gasteiger partial charge in [0.2, 0.25) is 0 Å². The minimum atomic E-state index is 0.259. The topological polar surface area (TPSA) is 17.1 Å². The van der Waals surface area contributed by atoms with E-state index in [9.17, 15) is 4.79 Å². The van der Waals surface area contributed by atoms with Crippen molar-refractivity contribution in [1.29, 1.82) is 0 Å². The lowest BCUT2D eigenvalue weighted by Crippen LogP contribution is -1.98. The van der Waals surface area contributed by atoms with Gasteiger partial charge >= 0.3 is 0 Å². The molecule has 24 heavy (non-hydrogen) atoms. The molecular formula is C22H29ClO. The van der Waals surface area contributed by atoms with E-state index in [0.29, 0.717) is 6.42 Å². The average molecular weight is 345 g/mol. The maximum atomic E-state index is 12.3. The quantitative estimate of drug-likeness (QED) is 0.303. The number of fused-ring (bicyclic) bond motifs is 1. The average Bonchev–Trinajstić information content (AvgIpc) is 2.59. The van der Waals surface area contributed by atoms with Crippen molar-refractivity contribution >= 4 is 28.2 Å². The number of unbranched alkanes of at least 4 members (excludes halogenated alkanes) is 8. The van der Waals surface area contributed by atoms with Crippen LogP contribution in [0.5, 0.6) is 0 Å². The molecule has 0 aliphatic rings. The van der Waals surface area contributed by atoms with Crippen molar-refractivity contribution in [3.63, 3.8) is 0 Å². The van der Waals surface area contributed by atoms with E-state index in [1.165, 1.54) is 51.4 Å². The van der Waals surface area contributed by atoms with Crippen LogP contribution in [0.3, 0.4) is 0 Å². The summed E-state index contributed by atoms with van der Waals surface area (Å²) in [4.78, 5) is 12.3. The van der Waals surface area contributed by atoms with Crippen LogP contribution in [0, 0.1) is 0 Å². The first kappa shape index (κ1) is 19.0. The minimum Gasteiger partial charge on any atom is -0.294 e. The summed E-state index contributed by atoms with van der Waals surface area (Å²) in [6.45, 7) is 2.25. The maximum Gasteiger partial charge on any atom is 0.162 e. The normalized spacial score (nSPS) is 11.1. The molecule has 0 saturated heterocycles. The zero-order valence-electron chi connectivity index (χ0n) is 14.8. The largest absolute Gasteiger partial charge is 0.294 e. The number of benzene rings is 2. The van der Waals surface area contributed by atoms with Gasteiger partial charge in [0.1, 0.15) is 0 Å². The SMILES string of the molecule is CCCCCCCCCCCC(=O)c1ccc2cc(Cl)ccc2c1. The third-order valence-corrected chi connectivity index (χ3v) is 4.87. The lowest BCUT2D eigenvalue weighted by atomic mass is 10.0. The zero-order valence-corrected chi connectivity index (χ0v) is 15.6. The second-order valence-electron chi connectivity index (χ2n) is 6.71. The molecule has 0 aliphatic heterocycles. The van der Waals surface area contributed by atoms with Crippen LogP contribution >= 0.6 is 11.6 Å². The third-order valence-electron chi connectivity index (χ3n) is 4.63. The van der Waals surface area contributed by atoms with Gasteiger partial charge in [-0.25, -0.2) is 0 Å². The van der Waals surface area contributed by atoms with Crippen molar-refractivity contribution in [3.8, 4) is 0 Å². The Kier molecular flexibility index (Phi) is 8.32. The predicted molar refractivity (Wildman–Crippen MR) is 105 cm³/mol. The summed E-state index contributed by atoms with van der Waals surface area (Å²) < 4.78 is 0. The summed E-state index contributed by atoms with van der Waals surface area (Å²) in [5, 5.41) is 2.90. The first-order valence-corrected chi connectivity index (χ1v) is 9.81.